The Hall–Kier alpha value is -3.36. The zero-order valence-corrected chi connectivity index (χ0v) is 17.0. The van der Waals surface area contributed by atoms with Crippen molar-refractivity contribution in [3.8, 4) is 34.1 Å². The van der Waals surface area contributed by atoms with Crippen LogP contribution in [0.15, 0.2) is 65.3 Å². The number of alkyl halides is 2. The number of nitrogens with zero attached hydrogens (tertiary/aromatic N) is 5. The summed E-state index contributed by atoms with van der Waals surface area (Å²) in [6, 6.07) is 15.2. The maximum atomic E-state index is 13.7. The fraction of sp³-hybridized carbons (Fsp3) is 0.0476. The molecule has 0 unspecified atom stereocenters. The minimum absolute atomic E-state index is 0.0777. The third-order valence-corrected chi connectivity index (χ3v) is 5.17. The molecular weight excluding hydrogens is 447 g/mol. The van der Waals surface area contributed by atoms with E-state index in [1.807, 2.05) is 6.07 Å². The summed E-state index contributed by atoms with van der Waals surface area (Å²) in [6.45, 7) is 0. The molecule has 0 radical (unpaired) electrons. The summed E-state index contributed by atoms with van der Waals surface area (Å²) in [5.74, 6) is 0.304. The third-order valence-electron chi connectivity index (χ3n) is 4.62. The highest BCUT2D eigenvalue weighted by Crippen LogP contribution is 2.33. The molecule has 3 aromatic heterocycles. The molecular formula is C21H11Cl2F2N5O. The van der Waals surface area contributed by atoms with Gasteiger partial charge < -0.3 is 4.52 Å². The number of fused-ring (bicyclic) bond motifs is 1. The molecule has 5 rings (SSSR count). The highest BCUT2D eigenvalue weighted by Gasteiger charge is 2.22. The molecule has 5 aromatic rings. The van der Waals surface area contributed by atoms with E-state index in [1.54, 1.807) is 42.5 Å². The predicted octanol–water partition coefficient (Wildman–Crippen LogP) is 6.36. The minimum atomic E-state index is -2.76. The molecule has 0 aliphatic rings. The number of rotatable bonds is 4. The lowest BCUT2D eigenvalue weighted by Crippen LogP contribution is -2.02. The smallest absolute Gasteiger partial charge is 0.280 e. The molecule has 0 aliphatic heterocycles. The number of benzene rings is 2. The molecule has 0 spiro atoms. The molecule has 0 N–H and O–H groups in total. The lowest BCUT2D eigenvalue weighted by atomic mass is 10.1. The predicted molar refractivity (Wildman–Crippen MR) is 112 cm³/mol. The Kier molecular flexibility index (Phi) is 4.88. The van der Waals surface area contributed by atoms with Gasteiger partial charge in [-0.2, -0.15) is 10.1 Å². The summed E-state index contributed by atoms with van der Waals surface area (Å²) >= 11 is 12.2. The average Bonchev–Trinajstić information content (AvgIpc) is 3.40. The SMILES string of the molecule is FC(F)c1cc(-c2ccccc2)nc2c(-c3nc(-c4ccc(Cl)cc4Cl)no3)cnn12. The molecule has 0 fully saturated rings. The maximum absolute atomic E-state index is 13.7. The van der Waals surface area contributed by atoms with Gasteiger partial charge in [0.1, 0.15) is 11.3 Å². The monoisotopic (exact) mass is 457 g/mol. The van der Waals surface area contributed by atoms with E-state index < -0.39 is 6.43 Å². The summed E-state index contributed by atoms with van der Waals surface area (Å²) in [4.78, 5) is 8.89. The van der Waals surface area contributed by atoms with Crippen LogP contribution in [0.3, 0.4) is 0 Å². The summed E-state index contributed by atoms with van der Waals surface area (Å²) in [7, 11) is 0. The molecule has 0 bridgehead atoms. The number of halogens is 4. The van der Waals surface area contributed by atoms with Crippen molar-refractivity contribution in [2.24, 2.45) is 0 Å². The topological polar surface area (TPSA) is 69.1 Å². The van der Waals surface area contributed by atoms with Crippen LogP contribution >= 0.6 is 23.2 Å². The Morgan fingerprint density at radius 1 is 0.935 bits per heavy atom. The van der Waals surface area contributed by atoms with Gasteiger partial charge in [0.2, 0.25) is 5.82 Å². The number of aromatic nitrogens is 5. The quantitative estimate of drug-likeness (QED) is 0.314. The fourth-order valence-electron chi connectivity index (χ4n) is 3.16. The van der Waals surface area contributed by atoms with Gasteiger partial charge in [-0.3, -0.25) is 0 Å². The Morgan fingerprint density at radius 2 is 1.74 bits per heavy atom. The molecule has 0 saturated carbocycles. The van der Waals surface area contributed by atoms with Crippen LogP contribution in [0.1, 0.15) is 12.1 Å². The van der Waals surface area contributed by atoms with Crippen LogP contribution < -0.4 is 0 Å². The van der Waals surface area contributed by atoms with Crippen molar-refractivity contribution in [2.75, 3.05) is 0 Å². The molecule has 0 aliphatic carbocycles. The van der Waals surface area contributed by atoms with Gasteiger partial charge in [-0.15, -0.1) is 0 Å². The zero-order valence-electron chi connectivity index (χ0n) is 15.5. The van der Waals surface area contributed by atoms with Crippen LogP contribution in [-0.4, -0.2) is 24.7 Å². The molecule has 31 heavy (non-hydrogen) atoms. The van der Waals surface area contributed by atoms with Gasteiger partial charge in [0, 0.05) is 16.1 Å². The van der Waals surface area contributed by atoms with Crippen molar-refractivity contribution < 1.29 is 13.3 Å². The van der Waals surface area contributed by atoms with Gasteiger partial charge in [0.05, 0.1) is 16.9 Å². The fourth-order valence-corrected chi connectivity index (χ4v) is 3.66. The molecule has 0 atom stereocenters. The third kappa shape index (κ3) is 3.54. The van der Waals surface area contributed by atoms with Crippen LogP contribution in [0, 0.1) is 0 Å². The Balaban J connectivity index is 1.66. The van der Waals surface area contributed by atoms with Crippen LogP contribution in [-0.2, 0) is 0 Å². The van der Waals surface area contributed by atoms with E-state index in [0.29, 0.717) is 32.4 Å². The van der Waals surface area contributed by atoms with Crippen LogP contribution in [0.25, 0.3) is 39.7 Å². The van der Waals surface area contributed by atoms with E-state index >= 15 is 0 Å². The molecule has 3 heterocycles. The normalized spacial score (nSPS) is 11.5. The van der Waals surface area contributed by atoms with Crippen molar-refractivity contribution >= 4 is 28.8 Å². The lowest BCUT2D eigenvalue weighted by molar-refractivity contribution is 0.143. The Morgan fingerprint density at radius 3 is 2.48 bits per heavy atom. The highest BCUT2D eigenvalue weighted by atomic mass is 35.5. The van der Waals surface area contributed by atoms with Gasteiger partial charge in [0.15, 0.2) is 5.65 Å². The van der Waals surface area contributed by atoms with Gasteiger partial charge in [-0.1, -0.05) is 58.7 Å². The van der Waals surface area contributed by atoms with Gasteiger partial charge in [-0.25, -0.2) is 18.3 Å². The van der Waals surface area contributed by atoms with Crippen molar-refractivity contribution in [3.63, 3.8) is 0 Å². The number of hydrogen-bond donors (Lipinski definition) is 0. The highest BCUT2D eigenvalue weighted by molar-refractivity contribution is 6.36. The van der Waals surface area contributed by atoms with E-state index in [2.05, 4.69) is 20.2 Å². The van der Waals surface area contributed by atoms with E-state index in [0.717, 1.165) is 4.52 Å². The van der Waals surface area contributed by atoms with Crippen molar-refractivity contribution in [1.82, 2.24) is 24.7 Å². The average molecular weight is 458 g/mol. The molecule has 154 valence electrons. The Labute approximate surface area is 184 Å². The molecule has 0 amide bonds. The summed E-state index contributed by atoms with van der Waals surface area (Å²) in [6.07, 6.45) is -1.39. The summed E-state index contributed by atoms with van der Waals surface area (Å²) < 4.78 is 33.9. The first-order valence-electron chi connectivity index (χ1n) is 9.03. The minimum Gasteiger partial charge on any atom is -0.333 e. The van der Waals surface area contributed by atoms with E-state index in [1.165, 1.54) is 12.3 Å². The van der Waals surface area contributed by atoms with Crippen LogP contribution in [0.5, 0.6) is 0 Å². The molecule has 10 heteroatoms. The van der Waals surface area contributed by atoms with Gasteiger partial charge in [0.25, 0.3) is 12.3 Å². The maximum Gasteiger partial charge on any atom is 0.280 e. The van der Waals surface area contributed by atoms with Gasteiger partial charge in [-0.05, 0) is 24.3 Å². The summed E-state index contributed by atoms with van der Waals surface area (Å²) in [5, 5.41) is 8.84. The summed E-state index contributed by atoms with van der Waals surface area (Å²) in [5.41, 5.74) is 1.79. The van der Waals surface area contributed by atoms with E-state index in [4.69, 9.17) is 27.7 Å². The van der Waals surface area contributed by atoms with E-state index in [9.17, 15) is 8.78 Å². The largest absolute Gasteiger partial charge is 0.333 e. The standard InChI is InChI=1S/C21H11Cl2F2N5O/c22-12-6-7-13(15(23)8-12)19-28-21(31-29-19)14-10-26-30-17(18(24)25)9-16(27-20(14)30)11-4-2-1-3-5-11/h1-10,18H. The van der Waals surface area contributed by atoms with Crippen molar-refractivity contribution in [2.45, 2.75) is 6.43 Å². The molecule has 2 aromatic carbocycles. The van der Waals surface area contributed by atoms with Gasteiger partial charge >= 0.3 is 0 Å². The second-order valence-electron chi connectivity index (χ2n) is 6.57. The first kappa shape index (κ1) is 19.6. The van der Waals surface area contributed by atoms with Crippen molar-refractivity contribution in [3.05, 3.63) is 76.5 Å². The molecule has 6 nitrogen and oxygen atoms in total. The van der Waals surface area contributed by atoms with Crippen LogP contribution in [0.2, 0.25) is 10.0 Å². The number of hydrogen-bond acceptors (Lipinski definition) is 5. The first-order chi connectivity index (χ1) is 15.0. The lowest BCUT2D eigenvalue weighted by Gasteiger charge is -2.07. The first-order valence-corrected chi connectivity index (χ1v) is 9.78. The van der Waals surface area contributed by atoms with E-state index in [-0.39, 0.29) is 23.1 Å². The Bertz CT molecular complexity index is 1400. The van der Waals surface area contributed by atoms with Crippen molar-refractivity contribution in [1.29, 1.82) is 0 Å². The van der Waals surface area contributed by atoms with Crippen LogP contribution in [0.4, 0.5) is 8.78 Å². The zero-order chi connectivity index (χ0) is 21.5. The second kappa shape index (κ2) is 7.72. The second-order valence-corrected chi connectivity index (χ2v) is 7.42. The molecule has 0 saturated heterocycles.